The number of hydrogen-bond donors (Lipinski definition) is 0. The molecule has 0 aliphatic carbocycles. The molecule has 4 heteroatoms. The van der Waals surface area contributed by atoms with Gasteiger partial charge in [0.25, 0.3) is 0 Å². The van der Waals surface area contributed by atoms with E-state index in [1.54, 1.807) is 7.05 Å². The van der Waals surface area contributed by atoms with E-state index in [1.165, 1.54) is 9.87 Å². The molecule has 0 fully saturated rings. The molecular weight excluding hydrogens is 282 g/mol. The van der Waals surface area contributed by atoms with E-state index in [0.717, 1.165) is 16.7 Å². The number of sulfonamides is 1. The fourth-order valence-electron chi connectivity index (χ4n) is 2.17. The van der Waals surface area contributed by atoms with Crippen molar-refractivity contribution in [2.45, 2.75) is 26.1 Å². The van der Waals surface area contributed by atoms with Gasteiger partial charge in [-0.1, -0.05) is 59.7 Å². The Morgan fingerprint density at radius 1 is 0.905 bits per heavy atom. The fourth-order valence-corrected chi connectivity index (χ4v) is 3.34. The maximum absolute atomic E-state index is 12.4. The Morgan fingerprint density at radius 2 is 1.57 bits per heavy atom. The topological polar surface area (TPSA) is 37.4 Å². The molecule has 0 saturated heterocycles. The molecule has 21 heavy (non-hydrogen) atoms. The van der Waals surface area contributed by atoms with Crippen LogP contribution >= 0.6 is 0 Å². The van der Waals surface area contributed by atoms with Crippen LogP contribution in [0.4, 0.5) is 0 Å². The van der Waals surface area contributed by atoms with Crippen molar-refractivity contribution in [2.75, 3.05) is 7.05 Å². The molecule has 2 aromatic rings. The molecule has 0 saturated carbocycles. The Balaban J connectivity index is 2.09. The molecule has 0 spiro atoms. The highest BCUT2D eigenvalue weighted by atomic mass is 32.2. The van der Waals surface area contributed by atoms with Crippen LogP contribution in [0.15, 0.2) is 48.5 Å². The SMILES string of the molecule is Cc1ccc(CN(C)S(=O)(=O)Cc2cccc(C)c2)cc1. The van der Waals surface area contributed by atoms with Crippen LogP contribution in [0.25, 0.3) is 0 Å². The lowest BCUT2D eigenvalue weighted by Gasteiger charge is -2.17. The molecule has 2 aromatic carbocycles. The van der Waals surface area contributed by atoms with Gasteiger partial charge in [-0.05, 0) is 25.0 Å². The minimum absolute atomic E-state index is 0.0387. The maximum atomic E-state index is 12.4. The van der Waals surface area contributed by atoms with E-state index in [9.17, 15) is 8.42 Å². The first-order valence-corrected chi connectivity index (χ1v) is 8.53. The second kappa shape index (κ2) is 6.41. The van der Waals surface area contributed by atoms with Gasteiger partial charge in [-0.15, -0.1) is 0 Å². The summed E-state index contributed by atoms with van der Waals surface area (Å²) in [6.45, 7) is 4.38. The minimum Gasteiger partial charge on any atom is -0.212 e. The van der Waals surface area contributed by atoms with Crippen LogP contribution in [-0.2, 0) is 22.3 Å². The molecule has 3 nitrogen and oxygen atoms in total. The predicted molar refractivity (Wildman–Crippen MR) is 86.4 cm³/mol. The van der Waals surface area contributed by atoms with E-state index >= 15 is 0 Å². The standard InChI is InChI=1S/C17H21NO2S/c1-14-7-9-16(10-8-14)12-18(3)21(19,20)13-17-6-4-5-15(2)11-17/h4-11H,12-13H2,1-3H3. The lowest BCUT2D eigenvalue weighted by atomic mass is 10.1. The number of nitrogens with zero attached hydrogens (tertiary/aromatic N) is 1. The highest BCUT2D eigenvalue weighted by molar-refractivity contribution is 7.88. The summed E-state index contributed by atoms with van der Waals surface area (Å²) in [6, 6.07) is 15.5. The van der Waals surface area contributed by atoms with Crippen LogP contribution in [0.1, 0.15) is 22.3 Å². The van der Waals surface area contributed by atoms with Crippen molar-refractivity contribution >= 4 is 10.0 Å². The Morgan fingerprint density at radius 3 is 2.19 bits per heavy atom. The summed E-state index contributed by atoms with van der Waals surface area (Å²) < 4.78 is 26.2. The third kappa shape index (κ3) is 4.41. The first-order chi connectivity index (χ1) is 9.87. The van der Waals surface area contributed by atoms with Crippen molar-refractivity contribution in [1.29, 1.82) is 0 Å². The van der Waals surface area contributed by atoms with Crippen LogP contribution in [0.5, 0.6) is 0 Å². The zero-order valence-corrected chi connectivity index (χ0v) is 13.5. The maximum Gasteiger partial charge on any atom is 0.218 e. The number of benzene rings is 2. The van der Waals surface area contributed by atoms with Crippen molar-refractivity contribution < 1.29 is 8.42 Å². The monoisotopic (exact) mass is 303 g/mol. The number of rotatable bonds is 5. The van der Waals surface area contributed by atoms with Gasteiger partial charge in [0.1, 0.15) is 0 Å². The van der Waals surface area contributed by atoms with Gasteiger partial charge in [0.05, 0.1) is 5.75 Å². The largest absolute Gasteiger partial charge is 0.218 e. The van der Waals surface area contributed by atoms with Gasteiger partial charge in [0.15, 0.2) is 0 Å². The molecule has 0 unspecified atom stereocenters. The van der Waals surface area contributed by atoms with E-state index in [2.05, 4.69) is 0 Å². The second-order valence-electron chi connectivity index (χ2n) is 5.49. The van der Waals surface area contributed by atoms with E-state index in [-0.39, 0.29) is 5.75 Å². The Labute approximate surface area is 127 Å². The molecule has 0 aliphatic rings. The normalized spacial score (nSPS) is 11.8. The molecule has 2 rings (SSSR count). The number of hydrogen-bond acceptors (Lipinski definition) is 2. The molecule has 0 atom stereocenters. The van der Waals surface area contributed by atoms with Crippen molar-refractivity contribution in [1.82, 2.24) is 4.31 Å². The van der Waals surface area contributed by atoms with Crippen molar-refractivity contribution in [3.63, 3.8) is 0 Å². The summed E-state index contributed by atoms with van der Waals surface area (Å²) in [6.07, 6.45) is 0. The molecule has 0 bridgehead atoms. The van der Waals surface area contributed by atoms with Crippen LogP contribution in [0.3, 0.4) is 0 Å². The van der Waals surface area contributed by atoms with E-state index < -0.39 is 10.0 Å². The van der Waals surface area contributed by atoms with Gasteiger partial charge in [0, 0.05) is 13.6 Å². The molecule has 0 aromatic heterocycles. The Bertz CT molecular complexity index is 706. The molecule has 0 heterocycles. The number of aryl methyl sites for hydroxylation is 2. The van der Waals surface area contributed by atoms with Crippen LogP contribution in [0.2, 0.25) is 0 Å². The molecule has 0 N–H and O–H groups in total. The van der Waals surface area contributed by atoms with E-state index in [0.29, 0.717) is 6.54 Å². The van der Waals surface area contributed by atoms with Crippen molar-refractivity contribution in [3.05, 3.63) is 70.8 Å². The van der Waals surface area contributed by atoms with Crippen LogP contribution in [-0.4, -0.2) is 19.8 Å². The Hall–Kier alpha value is -1.65. The average molecular weight is 303 g/mol. The summed E-state index contributed by atoms with van der Waals surface area (Å²) in [4.78, 5) is 0. The van der Waals surface area contributed by atoms with E-state index in [1.807, 2.05) is 62.4 Å². The molecular formula is C17H21NO2S. The van der Waals surface area contributed by atoms with Gasteiger partial charge < -0.3 is 0 Å². The zero-order valence-electron chi connectivity index (χ0n) is 12.7. The highest BCUT2D eigenvalue weighted by Crippen LogP contribution is 2.14. The van der Waals surface area contributed by atoms with E-state index in [4.69, 9.17) is 0 Å². The zero-order chi connectivity index (χ0) is 15.5. The van der Waals surface area contributed by atoms with Gasteiger partial charge in [-0.3, -0.25) is 0 Å². The molecule has 0 amide bonds. The third-order valence-electron chi connectivity index (χ3n) is 3.43. The Kier molecular flexibility index (Phi) is 4.80. The lowest BCUT2D eigenvalue weighted by molar-refractivity contribution is 0.466. The molecule has 0 radical (unpaired) electrons. The van der Waals surface area contributed by atoms with Gasteiger partial charge >= 0.3 is 0 Å². The minimum atomic E-state index is -3.31. The summed E-state index contributed by atoms with van der Waals surface area (Å²) in [7, 11) is -1.68. The highest BCUT2D eigenvalue weighted by Gasteiger charge is 2.18. The van der Waals surface area contributed by atoms with Gasteiger partial charge in [-0.25, -0.2) is 12.7 Å². The van der Waals surface area contributed by atoms with Crippen molar-refractivity contribution in [2.24, 2.45) is 0 Å². The summed E-state index contributed by atoms with van der Waals surface area (Å²) in [5, 5.41) is 0. The first-order valence-electron chi connectivity index (χ1n) is 6.92. The first kappa shape index (κ1) is 15.7. The summed E-state index contributed by atoms with van der Waals surface area (Å²) in [5.41, 5.74) is 4.06. The quantitative estimate of drug-likeness (QED) is 0.850. The fraction of sp³-hybridized carbons (Fsp3) is 0.294. The van der Waals surface area contributed by atoms with Crippen molar-refractivity contribution in [3.8, 4) is 0 Å². The van der Waals surface area contributed by atoms with Gasteiger partial charge in [0.2, 0.25) is 10.0 Å². The molecule has 112 valence electrons. The predicted octanol–water partition coefficient (Wildman–Crippen LogP) is 3.27. The third-order valence-corrected chi connectivity index (χ3v) is 5.21. The van der Waals surface area contributed by atoms with Crippen LogP contribution in [0, 0.1) is 13.8 Å². The molecule has 0 aliphatic heterocycles. The van der Waals surface area contributed by atoms with Crippen LogP contribution < -0.4 is 0 Å². The van der Waals surface area contributed by atoms with Gasteiger partial charge in [-0.2, -0.15) is 0 Å². The smallest absolute Gasteiger partial charge is 0.212 e. The lowest BCUT2D eigenvalue weighted by Crippen LogP contribution is -2.27. The second-order valence-corrected chi connectivity index (χ2v) is 7.56. The average Bonchev–Trinajstić information content (AvgIpc) is 2.41. The summed E-state index contributed by atoms with van der Waals surface area (Å²) in [5.74, 6) is 0.0387. The summed E-state index contributed by atoms with van der Waals surface area (Å²) >= 11 is 0.